The molecule has 0 saturated carbocycles. The average molecular weight is 639 g/mol. The first-order chi connectivity index (χ1) is 24.3. The van der Waals surface area contributed by atoms with E-state index < -0.39 is 0 Å². The lowest BCUT2D eigenvalue weighted by Gasteiger charge is -2.22. The molecule has 2 aliphatic rings. The van der Waals surface area contributed by atoms with Crippen molar-refractivity contribution < 1.29 is 0 Å². The standard InChI is InChI=1S/C48H34N2/c1-47(2)37-19-11-8-16-28(37)31-22-33-35-24-34-30-18-10-13-21-41(30)49(27-14-6-5-7-15-27)45(34)44-36-23-32-29-17-9-12-20-38(29)48(3,4)40(32)26-43(36)50(46(35)44)42(33)25-39(31)47/h5-26H,1-4H3. The van der Waals surface area contributed by atoms with Crippen LogP contribution in [0.15, 0.2) is 133 Å². The van der Waals surface area contributed by atoms with Crippen LogP contribution in [0.4, 0.5) is 0 Å². The molecular formula is C48H34N2. The molecule has 7 aromatic carbocycles. The number of rotatable bonds is 1. The van der Waals surface area contributed by atoms with Crippen LogP contribution < -0.4 is 0 Å². The number of hydrogen-bond acceptors (Lipinski definition) is 0. The van der Waals surface area contributed by atoms with E-state index in [2.05, 4.69) is 170 Å². The largest absolute Gasteiger partial charge is 0.309 e. The van der Waals surface area contributed by atoms with E-state index in [0.717, 1.165) is 0 Å². The van der Waals surface area contributed by atoms with Gasteiger partial charge in [0.05, 0.1) is 27.6 Å². The van der Waals surface area contributed by atoms with Crippen molar-refractivity contribution in [1.82, 2.24) is 8.97 Å². The second kappa shape index (κ2) is 8.64. The summed E-state index contributed by atoms with van der Waals surface area (Å²) in [5, 5.41) is 7.93. The van der Waals surface area contributed by atoms with Gasteiger partial charge in [0.1, 0.15) is 0 Å². The van der Waals surface area contributed by atoms with Crippen LogP contribution in [0.5, 0.6) is 0 Å². The molecule has 2 heteroatoms. The van der Waals surface area contributed by atoms with Crippen molar-refractivity contribution in [3.63, 3.8) is 0 Å². The third kappa shape index (κ3) is 2.96. The Balaban J connectivity index is 1.35. The van der Waals surface area contributed by atoms with Crippen molar-refractivity contribution in [1.29, 1.82) is 0 Å². The number of fused-ring (bicyclic) bond motifs is 16. The molecular weight excluding hydrogens is 605 g/mol. The summed E-state index contributed by atoms with van der Waals surface area (Å²) >= 11 is 0. The Labute approximate surface area is 290 Å². The maximum atomic E-state index is 2.63. The van der Waals surface area contributed by atoms with Crippen LogP contribution in [0.25, 0.3) is 87.8 Å². The van der Waals surface area contributed by atoms with Gasteiger partial charge in [-0.1, -0.05) is 113 Å². The molecule has 12 rings (SSSR count). The normalized spacial score (nSPS) is 15.5. The molecule has 236 valence electrons. The van der Waals surface area contributed by atoms with E-state index >= 15 is 0 Å². The van der Waals surface area contributed by atoms with Crippen LogP contribution in [-0.4, -0.2) is 8.97 Å². The summed E-state index contributed by atoms with van der Waals surface area (Å²) in [5.74, 6) is 0. The van der Waals surface area contributed by atoms with E-state index in [1.54, 1.807) is 0 Å². The fourth-order valence-corrected chi connectivity index (χ4v) is 10.3. The minimum atomic E-state index is -0.0864. The quantitative estimate of drug-likeness (QED) is 0.169. The molecule has 3 aromatic heterocycles. The average Bonchev–Trinajstić information content (AvgIpc) is 3.87. The Morgan fingerprint density at radius 3 is 1.60 bits per heavy atom. The maximum absolute atomic E-state index is 2.63. The highest BCUT2D eigenvalue weighted by molar-refractivity contribution is 6.34. The van der Waals surface area contributed by atoms with Crippen LogP contribution in [-0.2, 0) is 10.8 Å². The molecule has 0 N–H and O–H groups in total. The summed E-state index contributed by atoms with van der Waals surface area (Å²) in [5.41, 5.74) is 18.6. The molecule has 50 heavy (non-hydrogen) atoms. The molecule has 0 atom stereocenters. The lowest BCUT2D eigenvalue weighted by atomic mass is 9.82. The molecule has 0 unspecified atom stereocenters. The summed E-state index contributed by atoms with van der Waals surface area (Å²) in [4.78, 5) is 0. The van der Waals surface area contributed by atoms with Crippen LogP contribution in [0, 0.1) is 0 Å². The van der Waals surface area contributed by atoms with Gasteiger partial charge in [-0.3, -0.25) is 0 Å². The van der Waals surface area contributed by atoms with Crippen molar-refractivity contribution >= 4 is 59.9 Å². The fourth-order valence-electron chi connectivity index (χ4n) is 10.3. The Hall–Kier alpha value is -5.86. The van der Waals surface area contributed by atoms with E-state index in [4.69, 9.17) is 0 Å². The lowest BCUT2D eigenvalue weighted by Crippen LogP contribution is -2.15. The summed E-state index contributed by atoms with van der Waals surface area (Å²) in [6, 6.07) is 50.6. The molecule has 0 spiro atoms. The van der Waals surface area contributed by atoms with Gasteiger partial charge in [0.15, 0.2) is 0 Å². The first-order valence-electron chi connectivity index (χ1n) is 17.9. The van der Waals surface area contributed by atoms with E-state index in [1.807, 2.05) is 0 Å². The second-order valence-corrected chi connectivity index (χ2v) is 15.7. The van der Waals surface area contributed by atoms with Crippen LogP contribution >= 0.6 is 0 Å². The molecule has 0 bridgehead atoms. The minimum absolute atomic E-state index is 0.0759. The monoisotopic (exact) mass is 638 g/mol. The highest BCUT2D eigenvalue weighted by Gasteiger charge is 2.39. The van der Waals surface area contributed by atoms with Crippen LogP contribution in [0.3, 0.4) is 0 Å². The first kappa shape index (κ1) is 27.0. The van der Waals surface area contributed by atoms with Crippen molar-refractivity contribution in [2.24, 2.45) is 0 Å². The van der Waals surface area contributed by atoms with Crippen LogP contribution in [0.1, 0.15) is 49.9 Å². The number of para-hydroxylation sites is 2. The van der Waals surface area contributed by atoms with Gasteiger partial charge in [-0.15, -0.1) is 0 Å². The zero-order valence-electron chi connectivity index (χ0n) is 28.6. The van der Waals surface area contributed by atoms with Crippen molar-refractivity contribution in [2.45, 2.75) is 38.5 Å². The van der Waals surface area contributed by atoms with Gasteiger partial charge in [-0.2, -0.15) is 0 Å². The first-order valence-corrected chi connectivity index (χ1v) is 17.9. The van der Waals surface area contributed by atoms with Gasteiger partial charge in [-0.05, 0) is 93.0 Å². The molecule has 0 fully saturated rings. The topological polar surface area (TPSA) is 9.34 Å². The zero-order valence-corrected chi connectivity index (χ0v) is 28.6. The van der Waals surface area contributed by atoms with Crippen molar-refractivity contribution in [3.05, 3.63) is 156 Å². The molecule has 0 saturated heterocycles. The number of aromatic nitrogens is 2. The highest BCUT2D eigenvalue weighted by atomic mass is 15.0. The predicted molar refractivity (Wildman–Crippen MR) is 211 cm³/mol. The molecule has 0 radical (unpaired) electrons. The second-order valence-electron chi connectivity index (χ2n) is 15.7. The Morgan fingerprint density at radius 2 is 0.920 bits per heavy atom. The number of nitrogens with zero attached hydrogens (tertiary/aromatic N) is 2. The zero-order chi connectivity index (χ0) is 33.3. The van der Waals surface area contributed by atoms with Gasteiger partial charge in [0, 0.05) is 48.8 Å². The Morgan fingerprint density at radius 1 is 0.380 bits per heavy atom. The van der Waals surface area contributed by atoms with Gasteiger partial charge in [0.25, 0.3) is 0 Å². The predicted octanol–water partition coefficient (Wildman–Crippen LogP) is 12.5. The molecule has 2 aliphatic carbocycles. The van der Waals surface area contributed by atoms with Gasteiger partial charge in [0.2, 0.25) is 0 Å². The molecule has 10 aromatic rings. The third-order valence-electron chi connectivity index (χ3n) is 12.6. The highest BCUT2D eigenvalue weighted by Crippen LogP contribution is 2.55. The smallest absolute Gasteiger partial charge is 0.0642 e. The molecule has 2 nitrogen and oxygen atoms in total. The number of benzene rings is 7. The Bertz CT molecular complexity index is 3130. The fraction of sp³-hybridized carbons (Fsp3) is 0.125. The van der Waals surface area contributed by atoms with E-state index in [0.29, 0.717) is 0 Å². The Kier molecular flexibility index (Phi) is 4.67. The van der Waals surface area contributed by atoms with Crippen molar-refractivity contribution in [2.75, 3.05) is 0 Å². The molecule has 0 amide bonds. The summed E-state index contributed by atoms with van der Waals surface area (Å²) < 4.78 is 5.14. The maximum Gasteiger partial charge on any atom is 0.0642 e. The van der Waals surface area contributed by atoms with E-state index in [1.165, 1.54) is 110 Å². The minimum Gasteiger partial charge on any atom is -0.309 e. The summed E-state index contributed by atoms with van der Waals surface area (Å²) in [6.45, 7) is 9.58. The van der Waals surface area contributed by atoms with E-state index in [-0.39, 0.29) is 10.8 Å². The van der Waals surface area contributed by atoms with Gasteiger partial charge >= 0.3 is 0 Å². The van der Waals surface area contributed by atoms with E-state index in [9.17, 15) is 0 Å². The van der Waals surface area contributed by atoms with Crippen molar-refractivity contribution in [3.8, 4) is 27.9 Å². The third-order valence-corrected chi connectivity index (χ3v) is 12.6. The van der Waals surface area contributed by atoms with Gasteiger partial charge in [-0.25, -0.2) is 0 Å². The van der Waals surface area contributed by atoms with Crippen LogP contribution in [0.2, 0.25) is 0 Å². The summed E-state index contributed by atoms with van der Waals surface area (Å²) in [7, 11) is 0. The number of hydrogen-bond donors (Lipinski definition) is 0. The molecule has 3 heterocycles. The SMILES string of the molecule is CC1(C)c2ccccc2-c2cc3c4cc5c6ccccc6n(-c6ccccc6)c5c5c6cc7c(cc6n(c3cc21)c45)C(C)(C)c1ccccc1-7. The summed E-state index contributed by atoms with van der Waals surface area (Å²) in [6.07, 6.45) is 0. The molecule has 0 aliphatic heterocycles. The lowest BCUT2D eigenvalue weighted by molar-refractivity contribution is 0.661. The van der Waals surface area contributed by atoms with Gasteiger partial charge < -0.3 is 8.97 Å².